The third-order valence-electron chi connectivity index (χ3n) is 2.47. The summed E-state index contributed by atoms with van der Waals surface area (Å²) in [6.45, 7) is 0.328. The van der Waals surface area contributed by atoms with Crippen molar-refractivity contribution in [3.05, 3.63) is 46.2 Å². The third kappa shape index (κ3) is 2.96. The molecule has 6 heteroatoms. The van der Waals surface area contributed by atoms with Crippen molar-refractivity contribution in [3.63, 3.8) is 0 Å². The minimum Gasteiger partial charge on any atom is -0.483 e. The average Bonchev–Trinajstić information content (AvgIpc) is 2.77. The van der Waals surface area contributed by atoms with Crippen LogP contribution < -0.4 is 10.5 Å². The zero-order valence-electron chi connectivity index (χ0n) is 9.81. The number of hydrogen-bond donors (Lipinski definition) is 1. The molecule has 2 aromatic rings. The predicted molar refractivity (Wildman–Crippen MR) is 72.1 cm³/mol. The number of ether oxygens (including phenoxy) is 1. The van der Waals surface area contributed by atoms with Crippen LogP contribution in [0.1, 0.15) is 11.7 Å². The van der Waals surface area contributed by atoms with Gasteiger partial charge in [-0.1, -0.05) is 23.2 Å². The van der Waals surface area contributed by atoms with Crippen LogP contribution in [-0.2, 0) is 7.05 Å². The van der Waals surface area contributed by atoms with Crippen LogP contribution in [0.15, 0.2) is 30.6 Å². The molecular weight excluding hydrogens is 273 g/mol. The highest BCUT2D eigenvalue weighted by Crippen LogP contribution is 2.31. The van der Waals surface area contributed by atoms with Crippen LogP contribution in [0.25, 0.3) is 0 Å². The maximum atomic E-state index is 6.04. The predicted octanol–water partition coefficient (Wildman–Crippen LogP) is 2.81. The topological polar surface area (TPSA) is 53.1 Å². The van der Waals surface area contributed by atoms with E-state index in [1.807, 2.05) is 13.2 Å². The second-order valence-corrected chi connectivity index (χ2v) is 4.71. The molecule has 0 aliphatic heterocycles. The molecule has 1 aromatic heterocycles. The largest absolute Gasteiger partial charge is 0.483 e. The molecule has 1 heterocycles. The molecule has 0 fully saturated rings. The Hall–Kier alpha value is -1.23. The number of nitrogens with zero attached hydrogens (tertiary/aromatic N) is 2. The fraction of sp³-hybridized carbons (Fsp3) is 0.250. The van der Waals surface area contributed by atoms with E-state index in [1.54, 1.807) is 29.1 Å². The van der Waals surface area contributed by atoms with Gasteiger partial charge >= 0.3 is 0 Å². The van der Waals surface area contributed by atoms with E-state index in [1.165, 1.54) is 0 Å². The molecular formula is C12H13Cl2N3O. The molecule has 96 valence electrons. The van der Waals surface area contributed by atoms with Crippen LogP contribution in [0.5, 0.6) is 5.75 Å². The minimum atomic E-state index is -0.297. The first-order chi connectivity index (χ1) is 8.60. The number of aromatic nitrogens is 2. The summed E-state index contributed by atoms with van der Waals surface area (Å²) < 4.78 is 7.48. The number of aryl methyl sites for hydroxylation is 1. The first-order valence-corrected chi connectivity index (χ1v) is 6.16. The summed E-state index contributed by atoms with van der Waals surface area (Å²) >= 11 is 12.0. The molecule has 18 heavy (non-hydrogen) atoms. The van der Waals surface area contributed by atoms with Crippen molar-refractivity contribution in [2.24, 2.45) is 12.8 Å². The Bertz CT molecular complexity index is 542. The Labute approximate surface area is 115 Å². The molecule has 0 amide bonds. The fourth-order valence-corrected chi connectivity index (χ4v) is 1.90. The number of benzene rings is 1. The van der Waals surface area contributed by atoms with Gasteiger partial charge in [0.25, 0.3) is 0 Å². The maximum absolute atomic E-state index is 6.04. The lowest BCUT2D eigenvalue weighted by molar-refractivity contribution is 0.214. The monoisotopic (exact) mass is 285 g/mol. The quantitative estimate of drug-likeness (QED) is 0.940. The molecule has 0 saturated carbocycles. The van der Waals surface area contributed by atoms with Crippen LogP contribution in [0, 0.1) is 0 Å². The Morgan fingerprint density at radius 3 is 2.83 bits per heavy atom. The normalized spacial score (nSPS) is 12.4. The van der Waals surface area contributed by atoms with Crippen molar-refractivity contribution in [2.75, 3.05) is 6.54 Å². The number of hydrogen-bond acceptors (Lipinski definition) is 3. The summed E-state index contributed by atoms with van der Waals surface area (Å²) in [5, 5.41) is 5.16. The molecule has 1 atom stereocenters. The molecule has 1 aromatic carbocycles. The average molecular weight is 286 g/mol. The van der Waals surface area contributed by atoms with E-state index in [4.69, 9.17) is 33.7 Å². The zero-order chi connectivity index (χ0) is 13.1. The van der Waals surface area contributed by atoms with Crippen LogP contribution in [0.4, 0.5) is 0 Å². The second kappa shape index (κ2) is 5.61. The van der Waals surface area contributed by atoms with Gasteiger partial charge in [-0.15, -0.1) is 0 Å². The Morgan fingerprint density at radius 1 is 1.44 bits per heavy atom. The van der Waals surface area contributed by atoms with Crippen LogP contribution in [0.3, 0.4) is 0 Å². The standard InChI is InChI=1S/C12H13Cl2N3O/c1-17-7-8(6-16-17)12(5-15)18-11-4-9(13)2-3-10(11)14/h2-4,6-7,12H,5,15H2,1H3. The molecule has 2 rings (SSSR count). The second-order valence-electron chi connectivity index (χ2n) is 3.86. The Morgan fingerprint density at radius 2 is 2.22 bits per heavy atom. The van der Waals surface area contributed by atoms with Gasteiger partial charge in [0.2, 0.25) is 0 Å². The van der Waals surface area contributed by atoms with Crippen molar-refractivity contribution < 1.29 is 4.74 Å². The van der Waals surface area contributed by atoms with Crippen molar-refractivity contribution in [3.8, 4) is 5.75 Å². The van der Waals surface area contributed by atoms with E-state index in [-0.39, 0.29) is 6.10 Å². The highest BCUT2D eigenvalue weighted by molar-refractivity contribution is 6.34. The molecule has 2 N–H and O–H groups in total. The van der Waals surface area contributed by atoms with Gasteiger partial charge < -0.3 is 10.5 Å². The number of halogens is 2. The lowest BCUT2D eigenvalue weighted by Crippen LogP contribution is -2.18. The molecule has 0 aliphatic carbocycles. The van der Waals surface area contributed by atoms with E-state index in [9.17, 15) is 0 Å². The molecule has 0 saturated heterocycles. The SMILES string of the molecule is Cn1cc(C(CN)Oc2cc(Cl)ccc2Cl)cn1. The summed E-state index contributed by atoms with van der Waals surface area (Å²) in [6.07, 6.45) is 3.28. The molecule has 0 aliphatic rings. The van der Waals surface area contributed by atoms with Gasteiger partial charge in [0.1, 0.15) is 11.9 Å². The number of nitrogens with two attached hydrogens (primary N) is 1. The van der Waals surface area contributed by atoms with E-state index < -0.39 is 0 Å². The van der Waals surface area contributed by atoms with Crippen molar-refractivity contribution in [1.82, 2.24) is 9.78 Å². The van der Waals surface area contributed by atoms with E-state index in [0.717, 1.165) is 5.56 Å². The van der Waals surface area contributed by atoms with Gasteiger partial charge in [0, 0.05) is 36.4 Å². The minimum absolute atomic E-state index is 0.297. The highest BCUT2D eigenvalue weighted by Gasteiger charge is 2.15. The summed E-state index contributed by atoms with van der Waals surface area (Å²) in [7, 11) is 1.84. The third-order valence-corrected chi connectivity index (χ3v) is 3.02. The van der Waals surface area contributed by atoms with E-state index in [0.29, 0.717) is 22.3 Å². The molecule has 0 radical (unpaired) electrons. The summed E-state index contributed by atoms with van der Waals surface area (Å²) in [5.74, 6) is 0.517. The van der Waals surface area contributed by atoms with Crippen LogP contribution in [-0.4, -0.2) is 16.3 Å². The Kier molecular flexibility index (Phi) is 4.11. The molecule has 4 nitrogen and oxygen atoms in total. The zero-order valence-corrected chi connectivity index (χ0v) is 11.3. The van der Waals surface area contributed by atoms with Gasteiger partial charge in [-0.25, -0.2) is 0 Å². The fourth-order valence-electron chi connectivity index (χ4n) is 1.58. The van der Waals surface area contributed by atoms with E-state index >= 15 is 0 Å². The lowest BCUT2D eigenvalue weighted by Gasteiger charge is -2.17. The van der Waals surface area contributed by atoms with Crippen LogP contribution in [0.2, 0.25) is 10.0 Å². The maximum Gasteiger partial charge on any atom is 0.140 e. The van der Waals surface area contributed by atoms with Gasteiger partial charge in [-0.2, -0.15) is 5.10 Å². The highest BCUT2D eigenvalue weighted by atomic mass is 35.5. The summed E-state index contributed by atoms with van der Waals surface area (Å²) in [4.78, 5) is 0. The van der Waals surface area contributed by atoms with E-state index in [2.05, 4.69) is 5.10 Å². The van der Waals surface area contributed by atoms with Gasteiger partial charge in [0.15, 0.2) is 0 Å². The lowest BCUT2D eigenvalue weighted by atomic mass is 10.2. The van der Waals surface area contributed by atoms with Crippen molar-refractivity contribution in [1.29, 1.82) is 0 Å². The molecule has 0 spiro atoms. The smallest absolute Gasteiger partial charge is 0.140 e. The molecule has 0 bridgehead atoms. The van der Waals surface area contributed by atoms with Crippen LogP contribution >= 0.6 is 23.2 Å². The van der Waals surface area contributed by atoms with Gasteiger partial charge in [-0.05, 0) is 12.1 Å². The Balaban J connectivity index is 2.22. The molecule has 1 unspecified atom stereocenters. The first-order valence-electron chi connectivity index (χ1n) is 5.40. The van der Waals surface area contributed by atoms with Gasteiger partial charge in [-0.3, -0.25) is 4.68 Å². The first kappa shape index (κ1) is 13.2. The van der Waals surface area contributed by atoms with Crippen molar-refractivity contribution in [2.45, 2.75) is 6.10 Å². The number of rotatable bonds is 4. The summed E-state index contributed by atoms with van der Waals surface area (Å²) in [5.41, 5.74) is 6.61. The van der Waals surface area contributed by atoms with Gasteiger partial charge in [0.05, 0.1) is 11.2 Å². The van der Waals surface area contributed by atoms with Crippen molar-refractivity contribution >= 4 is 23.2 Å². The summed E-state index contributed by atoms with van der Waals surface area (Å²) in [6, 6.07) is 5.07.